The number of hydrogen-bond acceptors (Lipinski definition) is 11. The van der Waals surface area contributed by atoms with E-state index < -0.39 is 67.3 Å². The van der Waals surface area contributed by atoms with Crippen LogP contribution in [0.1, 0.15) is 239 Å². The number of allylic oxidation sites excluding steroid dienone is 18. The monoisotopic (exact) mass is 1100 g/mol. The molecule has 1 aliphatic heterocycles. The molecule has 1 heterocycles. The van der Waals surface area contributed by atoms with Gasteiger partial charge in [0.15, 0.2) is 24.6 Å². The number of hydrogen-bond donors (Lipinski definition) is 3. The Kier molecular flexibility index (Phi) is 49.5. The fourth-order valence-electron chi connectivity index (χ4n) is 8.68. The van der Waals surface area contributed by atoms with E-state index in [-0.39, 0.29) is 25.9 Å². The van der Waals surface area contributed by atoms with Crippen molar-refractivity contribution in [1.82, 2.24) is 0 Å². The first-order valence-corrected chi connectivity index (χ1v) is 30.9. The molecule has 6 unspecified atom stereocenters. The number of carbonyl (C=O) groups excluding carboxylic acids is 3. The summed E-state index contributed by atoms with van der Waals surface area (Å²) in [5.41, 5.74) is 0. The molecule has 0 saturated carbocycles. The van der Waals surface area contributed by atoms with E-state index in [0.717, 1.165) is 141 Å². The summed E-state index contributed by atoms with van der Waals surface area (Å²) in [6.45, 7) is 5.71. The molecule has 0 spiro atoms. The van der Waals surface area contributed by atoms with Crippen LogP contribution in [0.25, 0.3) is 0 Å². The van der Waals surface area contributed by atoms with Gasteiger partial charge in [-0.05, 0) is 103 Å². The van der Waals surface area contributed by atoms with Crippen LogP contribution in [-0.2, 0) is 42.9 Å². The Bertz CT molecular complexity index is 1790. The first-order chi connectivity index (χ1) is 38.6. The molecule has 1 rings (SSSR count). The third kappa shape index (κ3) is 43.8. The maximum absolute atomic E-state index is 13.2. The van der Waals surface area contributed by atoms with Crippen LogP contribution in [0.4, 0.5) is 0 Å². The molecule has 0 amide bonds. The number of carboxylic acid groups (broad SMARTS) is 1. The zero-order chi connectivity index (χ0) is 57.5. The highest BCUT2D eigenvalue weighted by Gasteiger charge is 2.50. The Hall–Kier alpha value is -4.62. The summed E-state index contributed by atoms with van der Waals surface area (Å²) >= 11 is 0. The van der Waals surface area contributed by atoms with E-state index in [4.69, 9.17) is 23.7 Å². The van der Waals surface area contributed by atoms with Crippen LogP contribution in [-0.4, -0.2) is 89.2 Å². The number of aliphatic carboxylic acids is 1. The predicted molar refractivity (Wildman–Crippen MR) is 321 cm³/mol. The van der Waals surface area contributed by atoms with Crippen molar-refractivity contribution in [3.8, 4) is 0 Å². The molecule has 0 aromatic rings. The molecule has 12 heteroatoms. The summed E-state index contributed by atoms with van der Waals surface area (Å²) in [7, 11) is 0. The molecule has 0 bridgehead atoms. The maximum Gasteiger partial charge on any atom is 0.335 e. The topological polar surface area (TPSA) is 175 Å². The minimum absolute atomic E-state index is 0.0526. The van der Waals surface area contributed by atoms with Gasteiger partial charge in [0.25, 0.3) is 0 Å². The van der Waals surface area contributed by atoms with E-state index in [1.807, 2.05) is 0 Å². The lowest BCUT2D eigenvalue weighted by Crippen LogP contribution is -2.61. The number of carboxylic acids is 1. The molecule has 79 heavy (non-hydrogen) atoms. The van der Waals surface area contributed by atoms with Gasteiger partial charge in [0.1, 0.15) is 18.8 Å². The fourth-order valence-corrected chi connectivity index (χ4v) is 8.68. The van der Waals surface area contributed by atoms with Crippen molar-refractivity contribution in [2.45, 2.75) is 276 Å². The zero-order valence-electron chi connectivity index (χ0n) is 49.3. The first-order valence-electron chi connectivity index (χ1n) is 30.9. The molecule has 448 valence electrons. The molecule has 6 atom stereocenters. The fraction of sp³-hybridized carbons (Fsp3) is 0.672. The quantitative estimate of drug-likeness (QED) is 0.0228. The van der Waals surface area contributed by atoms with Crippen molar-refractivity contribution >= 4 is 23.9 Å². The third-order valence-electron chi connectivity index (χ3n) is 13.3. The summed E-state index contributed by atoms with van der Waals surface area (Å²) in [4.78, 5) is 51.2. The molecule has 12 nitrogen and oxygen atoms in total. The van der Waals surface area contributed by atoms with Gasteiger partial charge in [-0.1, -0.05) is 226 Å². The van der Waals surface area contributed by atoms with Crippen LogP contribution in [0.15, 0.2) is 109 Å². The van der Waals surface area contributed by atoms with Crippen LogP contribution in [0.3, 0.4) is 0 Å². The van der Waals surface area contributed by atoms with E-state index in [2.05, 4.69) is 130 Å². The summed E-state index contributed by atoms with van der Waals surface area (Å²) in [6, 6.07) is 0. The van der Waals surface area contributed by atoms with Crippen molar-refractivity contribution in [3.63, 3.8) is 0 Å². The second-order valence-corrected chi connectivity index (χ2v) is 20.6. The van der Waals surface area contributed by atoms with Gasteiger partial charge in [0, 0.05) is 19.3 Å². The van der Waals surface area contributed by atoms with E-state index >= 15 is 0 Å². The number of aliphatic hydroxyl groups excluding tert-OH is 2. The highest BCUT2D eigenvalue weighted by atomic mass is 16.7. The second-order valence-electron chi connectivity index (χ2n) is 20.6. The van der Waals surface area contributed by atoms with Crippen molar-refractivity contribution in [2.24, 2.45) is 0 Å². The predicted octanol–water partition coefficient (Wildman–Crippen LogP) is 16.2. The largest absolute Gasteiger partial charge is 0.479 e. The van der Waals surface area contributed by atoms with E-state index in [9.17, 15) is 34.5 Å². The molecule has 1 aliphatic rings. The van der Waals surface area contributed by atoms with Crippen molar-refractivity contribution < 1.29 is 58.2 Å². The lowest BCUT2D eigenvalue weighted by molar-refractivity contribution is -0.301. The minimum atomic E-state index is -1.91. The number of aliphatic hydroxyl groups is 2. The Balaban J connectivity index is 2.71. The second kappa shape index (κ2) is 54.0. The number of rotatable bonds is 51. The van der Waals surface area contributed by atoms with Crippen molar-refractivity contribution in [1.29, 1.82) is 0 Å². The number of ether oxygens (including phenoxy) is 5. The summed E-state index contributed by atoms with van der Waals surface area (Å²) < 4.78 is 28.4. The van der Waals surface area contributed by atoms with Crippen LogP contribution >= 0.6 is 0 Å². The van der Waals surface area contributed by atoms with Gasteiger partial charge in [-0.25, -0.2) is 4.79 Å². The minimum Gasteiger partial charge on any atom is -0.479 e. The summed E-state index contributed by atoms with van der Waals surface area (Å²) in [6.07, 6.45) is 60.5. The van der Waals surface area contributed by atoms with Crippen molar-refractivity contribution in [2.75, 3.05) is 13.2 Å². The van der Waals surface area contributed by atoms with Gasteiger partial charge in [-0.2, -0.15) is 0 Å². The molecule has 0 aromatic heterocycles. The molecule has 0 aliphatic carbocycles. The summed E-state index contributed by atoms with van der Waals surface area (Å²) in [5.74, 6) is -3.19. The molecule has 1 fully saturated rings. The zero-order valence-corrected chi connectivity index (χ0v) is 49.3. The van der Waals surface area contributed by atoms with Crippen LogP contribution in [0, 0.1) is 0 Å². The van der Waals surface area contributed by atoms with E-state index in [0.29, 0.717) is 19.3 Å². The van der Waals surface area contributed by atoms with Gasteiger partial charge in [-0.3, -0.25) is 14.4 Å². The normalized spacial score (nSPS) is 18.6. The molecule has 0 aromatic carbocycles. The number of unbranched alkanes of at least 4 members (excludes halogenated alkanes) is 19. The molecule has 1 saturated heterocycles. The average molecular weight is 1110 g/mol. The van der Waals surface area contributed by atoms with Gasteiger partial charge in [-0.15, -0.1) is 0 Å². The highest BCUT2D eigenvalue weighted by Crippen LogP contribution is 2.26. The Morgan fingerprint density at radius 3 is 1.23 bits per heavy atom. The Morgan fingerprint density at radius 1 is 0.430 bits per heavy atom. The Morgan fingerprint density at radius 2 is 0.797 bits per heavy atom. The number of esters is 3. The van der Waals surface area contributed by atoms with Crippen molar-refractivity contribution in [3.05, 3.63) is 109 Å². The smallest absolute Gasteiger partial charge is 0.335 e. The standard InChI is InChI=1S/C67H108O12/c1-4-7-10-13-16-19-22-24-26-28-30-32-34-36-39-41-44-47-50-53-59(68)75-56-58(77-60(69)54-51-48-45-43-40-37-35-33-31-29-27-25-23-20-17-14-11-8-5-2)57-76-67-65(63(72)62(71)64(79-67)66(73)74)78-61(70)55-52-49-46-42-38-21-18-15-12-9-6-3/h7-8,10-11,16-17,19-20,24-27,30-33,36,39,58,62-65,67,71-72H,4-6,9,12-15,18,21-23,28-29,34-35,37-38,40-57H2,1-3H3,(H,73,74)/b10-7-,11-8-,19-16-,20-17-,26-24-,27-25-,32-30-,33-31-,39-36-. The molecule has 0 radical (unpaired) electrons. The lowest BCUT2D eigenvalue weighted by atomic mass is 9.98. The van der Waals surface area contributed by atoms with E-state index in [1.165, 1.54) is 38.5 Å². The summed E-state index contributed by atoms with van der Waals surface area (Å²) in [5, 5.41) is 31.5. The first kappa shape index (κ1) is 72.4. The number of carbonyl (C=O) groups is 4. The van der Waals surface area contributed by atoms with Crippen LogP contribution < -0.4 is 0 Å². The van der Waals surface area contributed by atoms with Gasteiger partial charge in [0.2, 0.25) is 0 Å². The van der Waals surface area contributed by atoms with Gasteiger partial charge < -0.3 is 39.0 Å². The van der Waals surface area contributed by atoms with Crippen LogP contribution in [0.2, 0.25) is 0 Å². The maximum atomic E-state index is 13.2. The SMILES string of the molecule is CC/C=C\C/C=C\C/C=C\C/C=C\C/C=C\CCCCCC(=O)OCC(COC1OC(C(=O)O)C(O)C(O)C1OC(=O)CCCCCCCCCCCCC)OC(=O)CCCCCCCC/C=C\C/C=C\C/C=C\C/C=C\CC. The highest BCUT2D eigenvalue weighted by molar-refractivity contribution is 5.74. The molecular formula is C67H108O12. The average Bonchev–Trinajstić information content (AvgIpc) is 3.47. The Labute approximate surface area is 478 Å². The van der Waals surface area contributed by atoms with Gasteiger partial charge >= 0.3 is 23.9 Å². The third-order valence-corrected chi connectivity index (χ3v) is 13.3. The molecule has 3 N–H and O–H groups in total. The van der Waals surface area contributed by atoms with Gasteiger partial charge in [0.05, 0.1) is 6.61 Å². The van der Waals surface area contributed by atoms with E-state index in [1.54, 1.807) is 0 Å². The molecular weight excluding hydrogens is 997 g/mol. The lowest BCUT2D eigenvalue weighted by Gasteiger charge is -2.40. The van der Waals surface area contributed by atoms with Crippen LogP contribution in [0.5, 0.6) is 0 Å².